The van der Waals surface area contributed by atoms with Crippen molar-refractivity contribution in [3.05, 3.63) is 75.7 Å². The predicted molar refractivity (Wildman–Crippen MR) is 154 cm³/mol. The van der Waals surface area contributed by atoms with Crippen LogP contribution in [-0.4, -0.2) is 26.4 Å². The lowest BCUT2D eigenvalue weighted by Gasteiger charge is -2.30. The fourth-order valence-electron chi connectivity index (χ4n) is 6.21. The highest BCUT2D eigenvalue weighted by Crippen LogP contribution is 2.43. The molecule has 0 radical (unpaired) electrons. The number of aromatic carboxylic acids is 1. The molecular weight excluding hydrogens is 529 g/mol. The lowest BCUT2D eigenvalue weighted by molar-refractivity contribution is -1.21. The minimum atomic E-state index is -1.70. The molecule has 0 aromatic heterocycles. The second-order valence-corrected chi connectivity index (χ2v) is 12.6. The molecule has 3 aliphatic rings. The molecule has 2 aromatic rings. The largest absolute Gasteiger partial charge is 0.478 e. The van der Waals surface area contributed by atoms with Crippen LogP contribution in [0.1, 0.15) is 122 Å². The number of halogens is 1. The Kier molecular flexibility index (Phi) is 9.05. The molecule has 1 atom stereocenters. The normalized spacial score (nSPS) is 23.3. The van der Waals surface area contributed by atoms with E-state index in [0.29, 0.717) is 11.5 Å². The minimum absolute atomic E-state index is 0.0449. The van der Waals surface area contributed by atoms with Crippen molar-refractivity contribution >= 4 is 23.4 Å². The van der Waals surface area contributed by atoms with Crippen molar-refractivity contribution in [3.8, 4) is 0 Å². The first-order valence-electron chi connectivity index (χ1n) is 14.7. The number of benzene rings is 2. The summed E-state index contributed by atoms with van der Waals surface area (Å²) in [5, 5.41) is 35.8. The number of quaternary nitrogens is 1. The monoisotopic (exact) mass is 570 g/mol. The van der Waals surface area contributed by atoms with Gasteiger partial charge in [0, 0.05) is 6.07 Å². The van der Waals surface area contributed by atoms with Crippen LogP contribution in [0.4, 0.5) is 10.1 Å². The number of carbonyl (C=O) groups is 1. The Hall–Kier alpha value is -2.59. The summed E-state index contributed by atoms with van der Waals surface area (Å²) in [6, 6.07) is 11.0. The average Bonchev–Trinajstić information content (AvgIpc) is 3.41. The molecule has 7 nitrogen and oxygen atoms in total. The molecule has 1 aliphatic heterocycles. The predicted octanol–water partition coefficient (Wildman–Crippen LogP) is 8.40. The van der Waals surface area contributed by atoms with Crippen LogP contribution in [0.15, 0.2) is 47.6 Å². The summed E-state index contributed by atoms with van der Waals surface area (Å²) >= 11 is 1.43. The van der Waals surface area contributed by atoms with Gasteiger partial charge in [0.05, 0.1) is 21.6 Å². The molecule has 2 fully saturated rings. The molecule has 216 valence electrons. The van der Waals surface area contributed by atoms with Gasteiger partial charge in [-0.15, -0.1) is 10.4 Å². The zero-order valence-electron chi connectivity index (χ0n) is 23.1. The maximum absolute atomic E-state index is 14.5. The zero-order valence-corrected chi connectivity index (χ0v) is 23.9. The van der Waals surface area contributed by atoms with E-state index in [1.54, 1.807) is 5.41 Å². The molecule has 5 rings (SSSR count). The summed E-state index contributed by atoms with van der Waals surface area (Å²) in [7, 11) is 0. The number of nitrogens with zero attached hydrogens (tertiary/aromatic N) is 1. The minimum Gasteiger partial charge on any atom is -0.478 e. The van der Waals surface area contributed by atoms with Crippen molar-refractivity contribution in [2.75, 3.05) is 5.43 Å². The van der Waals surface area contributed by atoms with E-state index in [0.717, 1.165) is 36.8 Å². The molecule has 2 aromatic carbocycles. The molecule has 0 bridgehead atoms. The van der Waals surface area contributed by atoms with Crippen molar-refractivity contribution in [2.24, 2.45) is 5.92 Å². The summed E-state index contributed by atoms with van der Waals surface area (Å²) < 4.78 is 14.5. The number of hydrogen-bond donors (Lipinski definition) is 5. The van der Waals surface area contributed by atoms with Gasteiger partial charge in [-0.3, -0.25) is 0 Å². The Balaban J connectivity index is 1.20. The lowest BCUT2D eigenvalue weighted by Crippen LogP contribution is -2.49. The van der Waals surface area contributed by atoms with E-state index in [2.05, 4.69) is 41.9 Å². The van der Waals surface area contributed by atoms with Crippen LogP contribution >= 0.6 is 11.8 Å². The van der Waals surface area contributed by atoms with Crippen LogP contribution in [-0.2, 0) is 0 Å². The van der Waals surface area contributed by atoms with Gasteiger partial charge < -0.3 is 10.4 Å². The number of rotatable bonds is 11. The van der Waals surface area contributed by atoms with E-state index in [9.17, 15) is 24.7 Å². The van der Waals surface area contributed by atoms with Crippen molar-refractivity contribution in [1.82, 2.24) is 5.32 Å². The van der Waals surface area contributed by atoms with Crippen molar-refractivity contribution < 1.29 is 29.6 Å². The molecule has 1 heterocycles. The molecule has 2 saturated carbocycles. The number of thioether (sulfide) groups is 1. The number of anilines is 1. The van der Waals surface area contributed by atoms with Crippen molar-refractivity contribution in [2.45, 2.75) is 94.8 Å². The van der Waals surface area contributed by atoms with Crippen molar-refractivity contribution in [3.63, 3.8) is 0 Å². The highest BCUT2D eigenvalue weighted by Gasteiger charge is 2.39. The SMILES string of the molecule is CCCCCC1CCC(c2ccc(C3NC([N+](O)(O)Nc4cc(F)c(C(=O)O)cc4C4CCC4)=CS3)cc2)CC1. The highest BCUT2D eigenvalue weighted by atomic mass is 32.2. The molecule has 2 aliphatic carbocycles. The Labute approximate surface area is 239 Å². The summed E-state index contributed by atoms with van der Waals surface area (Å²) in [6.45, 7) is 2.26. The van der Waals surface area contributed by atoms with E-state index in [4.69, 9.17) is 0 Å². The summed E-state index contributed by atoms with van der Waals surface area (Å²) in [5.41, 5.74) is 5.32. The number of nitrogens with one attached hydrogen (secondary N) is 2. The highest BCUT2D eigenvalue weighted by molar-refractivity contribution is 8.02. The second kappa shape index (κ2) is 12.5. The van der Waals surface area contributed by atoms with E-state index >= 15 is 0 Å². The molecule has 0 spiro atoms. The summed E-state index contributed by atoms with van der Waals surface area (Å²) in [4.78, 5) is 9.76. The topological polar surface area (TPSA) is 102 Å². The van der Waals surface area contributed by atoms with E-state index < -0.39 is 22.3 Å². The molecule has 0 amide bonds. The number of unbranched alkanes of at least 4 members (excludes halogenated alkanes) is 2. The van der Waals surface area contributed by atoms with E-state index in [1.807, 2.05) is 0 Å². The number of hydroxylamine groups is 2. The molecular formula is C31H41FN3O4S+. The molecule has 9 heteroatoms. The fraction of sp³-hybridized carbons (Fsp3) is 0.516. The van der Waals surface area contributed by atoms with Gasteiger partial charge >= 0.3 is 11.8 Å². The Morgan fingerprint density at radius 3 is 2.35 bits per heavy atom. The van der Waals surface area contributed by atoms with Crippen LogP contribution in [0.3, 0.4) is 0 Å². The third-order valence-corrected chi connectivity index (χ3v) is 9.92. The first-order valence-corrected chi connectivity index (χ1v) is 15.6. The van der Waals surface area contributed by atoms with E-state index in [1.165, 1.54) is 74.8 Å². The third kappa shape index (κ3) is 6.48. The Morgan fingerprint density at radius 2 is 1.73 bits per heavy atom. The smallest absolute Gasteiger partial charge is 0.338 e. The number of carboxylic acid groups (broad SMARTS) is 1. The van der Waals surface area contributed by atoms with Crippen LogP contribution in [0.2, 0.25) is 0 Å². The quantitative estimate of drug-likeness (QED) is 0.105. The summed E-state index contributed by atoms with van der Waals surface area (Å²) in [6.07, 6.45) is 13.1. The van der Waals surface area contributed by atoms with Crippen molar-refractivity contribution in [1.29, 1.82) is 0 Å². The number of hydrogen-bond acceptors (Lipinski definition) is 6. The standard InChI is InChI=1S/C31H40FN3O4S/c1-2-3-4-6-20-9-11-21(12-10-20)22-13-15-24(16-14-22)30-33-29(19-40-30)35(38,39)34-28-18-27(32)26(31(36)37)17-25(28)23-7-5-8-23/h13-21,23,30,33-34,38-39H,2-12H2,1H3/p+1. The molecule has 0 saturated heterocycles. The van der Waals surface area contributed by atoms with Gasteiger partial charge in [0.25, 0.3) is 0 Å². The van der Waals surface area contributed by atoms with E-state index in [-0.39, 0.29) is 22.8 Å². The maximum atomic E-state index is 14.5. The fourth-order valence-corrected chi connectivity index (χ4v) is 7.19. The average molecular weight is 571 g/mol. The van der Waals surface area contributed by atoms with Gasteiger partial charge in [-0.25, -0.2) is 9.18 Å². The van der Waals surface area contributed by atoms with Gasteiger partial charge in [0.2, 0.25) is 0 Å². The Bertz CT molecular complexity index is 1220. The van der Waals surface area contributed by atoms with Crippen LogP contribution < -0.4 is 10.7 Å². The van der Waals surface area contributed by atoms with Gasteiger partial charge in [-0.05, 0) is 79.0 Å². The molecule has 40 heavy (non-hydrogen) atoms. The maximum Gasteiger partial charge on any atom is 0.338 e. The lowest BCUT2D eigenvalue weighted by atomic mass is 9.77. The number of carboxylic acids is 1. The van der Waals surface area contributed by atoms with Gasteiger partial charge in [0.15, 0.2) is 0 Å². The third-order valence-electron chi connectivity index (χ3n) is 8.89. The first-order chi connectivity index (χ1) is 19.2. The molecule has 1 unspecified atom stereocenters. The second-order valence-electron chi connectivity index (χ2n) is 11.6. The summed E-state index contributed by atoms with van der Waals surface area (Å²) in [5.74, 6) is -0.643. The van der Waals surface area contributed by atoms with Gasteiger partial charge in [-0.2, -0.15) is 5.43 Å². The molecule has 5 N–H and O–H groups in total. The zero-order chi connectivity index (χ0) is 28.3. The van der Waals surface area contributed by atoms with Gasteiger partial charge in [0.1, 0.15) is 11.2 Å². The van der Waals surface area contributed by atoms with Crippen LogP contribution in [0, 0.1) is 11.7 Å². The Morgan fingerprint density at radius 1 is 1.02 bits per heavy atom. The van der Waals surface area contributed by atoms with Crippen LogP contribution in [0.25, 0.3) is 0 Å². The first kappa shape index (κ1) is 28.9. The van der Waals surface area contributed by atoms with Gasteiger partial charge in [-0.1, -0.05) is 75.1 Å². The van der Waals surface area contributed by atoms with Crippen LogP contribution in [0.5, 0.6) is 0 Å².